The Bertz CT molecular complexity index is 362. The molecule has 0 aliphatic rings. The van der Waals surface area contributed by atoms with Gasteiger partial charge in [0, 0.05) is 25.6 Å². The number of aryl methyl sites for hydroxylation is 1. The smallest absolute Gasteiger partial charge is 0.356 e. The van der Waals surface area contributed by atoms with Crippen LogP contribution < -0.4 is 0 Å². The highest BCUT2D eigenvalue weighted by Crippen LogP contribution is 1.91. The van der Waals surface area contributed by atoms with E-state index in [2.05, 4.69) is 15.0 Å². The summed E-state index contributed by atoms with van der Waals surface area (Å²) < 4.78 is 1.59. The molecule has 0 saturated heterocycles. The molecule has 2 N–H and O–H groups in total. The van der Waals surface area contributed by atoms with E-state index in [0.29, 0.717) is 0 Å². The third kappa shape index (κ3) is 3.10. The average molecular weight is 194 g/mol. The van der Waals surface area contributed by atoms with Crippen LogP contribution in [0.15, 0.2) is 31.2 Å². The number of aromatic nitrogens is 4. The first-order chi connectivity index (χ1) is 6.70. The Morgan fingerprint density at radius 2 is 2.43 bits per heavy atom. The number of aromatic amines is 1. The van der Waals surface area contributed by atoms with Crippen LogP contribution in [0.25, 0.3) is 0 Å². The van der Waals surface area contributed by atoms with Crippen LogP contribution in [-0.2, 0) is 7.05 Å². The van der Waals surface area contributed by atoms with E-state index >= 15 is 0 Å². The van der Waals surface area contributed by atoms with Crippen molar-refractivity contribution in [1.82, 2.24) is 19.5 Å². The van der Waals surface area contributed by atoms with Crippen molar-refractivity contribution in [3.63, 3.8) is 0 Å². The fourth-order valence-electron chi connectivity index (χ4n) is 0.738. The lowest BCUT2D eigenvalue weighted by atomic mass is 10.5. The first kappa shape index (κ1) is 9.97. The van der Waals surface area contributed by atoms with Crippen LogP contribution in [0.3, 0.4) is 0 Å². The van der Waals surface area contributed by atoms with E-state index in [1.807, 2.05) is 0 Å². The lowest BCUT2D eigenvalue weighted by molar-refractivity contribution is 0.0691. The van der Waals surface area contributed by atoms with Crippen LogP contribution in [0.1, 0.15) is 10.5 Å². The second kappa shape index (κ2) is 4.80. The number of carbonyl (C=O) groups is 1. The first-order valence-electron chi connectivity index (χ1n) is 3.84. The molecule has 0 aromatic carbocycles. The fraction of sp³-hybridized carbons (Fsp3) is 0.125. The van der Waals surface area contributed by atoms with Gasteiger partial charge in [-0.25, -0.2) is 14.8 Å². The normalized spacial score (nSPS) is 8.93. The molecule has 0 amide bonds. The maximum atomic E-state index is 10.1. The zero-order valence-electron chi connectivity index (χ0n) is 7.58. The number of hydrogen-bond donors (Lipinski definition) is 2. The highest BCUT2D eigenvalue weighted by molar-refractivity contribution is 5.84. The van der Waals surface area contributed by atoms with Gasteiger partial charge in [-0.1, -0.05) is 0 Å². The van der Waals surface area contributed by atoms with Crippen molar-refractivity contribution in [3.8, 4) is 0 Å². The summed E-state index contributed by atoms with van der Waals surface area (Å²) in [4.78, 5) is 20.1. The fourth-order valence-corrected chi connectivity index (χ4v) is 0.738. The number of rotatable bonds is 1. The molecule has 0 aliphatic heterocycles. The van der Waals surface area contributed by atoms with Crippen molar-refractivity contribution in [2.24, 2.45) is 7.05 Å². The standard InChI is InChI=1S/C5H6N2O2.C3H4N2/c1-7-2-4(5(8)9)6-3-7;1-2-5-3-4-1/h2-3H,1H3,(H,8,9);1-3H,(H,4,5). The Kier molecular flexibility index (Phi) is 3.42. The zero-order chi connectivity index (χ0) is 10.4. The summed E-state index contributed by atoms with van der Waals surface area (Å²) >= 11 is 0. The van der Waals surface area contributed by atoms with Crippen molar-refractivity contribution < 1.29 is 9.90 Å². The number of imidazole rings is 2. The molecule has 0 unspecified atom stereocenters. The topological polar surface area (TPSA) is 83.8 Å². The summed E-state index contributed by atoms with van der Waals surface area (Å²) in [5, 5.41) is 8.32. The Morgan fingerprint density at radius 1 is 1.64 bits per heavy atom. The SMILES string of the molecule is Cn1cnc(C(=O)O)c1.c1c[nH]cn1. The lowest BCUT2D eigenvalue weighted by Gasteiger charge is -1.81. The molecule has 14 heavy (non-hydrogen) atoms. The molecule has 2 heterocycles. The highest BCUT2D eigenvalue weighted by atomic mass is 16.4. The van der Waals surface area contributed by atoms with Crippen molar-refractivity contribution in [2.45, 2.75) is 0 Å². The van der Waals surface area contributed by atoms with Gasteiger partial charge in [-0.2, -0.15) is 0 Å². The molecule has 0 atom stereocenters. The first-order valence-corrected chi connectivity index (χ1v) is 3.84. The van der Waals surface area contributed by atoms with Gasteiger partial charge in [-0.3, -0.25) is 0 Å². The zero-order valence-corrected chi connectivity index (χ0v) is 7.58. The van der Waals surface area contributed by atoms with Gasteiger partial charge in [0.05, 0.1) is 12.7 Å². The quantitative estimate of drug-likeness (QED) is 0.693. The number of H-pyrrole nitrogens is 1. The van der Waals surface area contributed by atoms with Crippen LogP contribution >= 0.6 is 0 Å². The van der Waals surface area contributed by atoms with E-state index in [-0.39, 0.29) is 5.69 Å². The molecular weight excluding hydrogens is 184 g/mol. The molecule has 0 bridgehead atoms. The number of hydrogen-bond acceptors (Lipinski definition) is 3. The second-order valence-corrected chi connectivity index (χ2v) is 2.49. The van der Waals surface area contributed by atoms with E-state index < -0.39 is 5.97 Å². The summed E-state index contributed by atoms with van der Waals surface area (Å²) in [5.41, 5.74) is 0.0810. The molecule has 6 nitrogen and oxygen atoms in total. The van der Waals surface area contributed by atoms with E-state index in [1.165, 1.54) is 12.5 Å². The molecule has 6 heteroatoms. The van der Waals surface area contributed by atoms with Crippen molar-refractivity contribution in [3.05, 3.63) is 36.9 Å². The highest BCUT2D eigenvalue weighted by Gasteiger charge is 2.02. The van der Waals surface area contributed by atoms with E-state index in [9.17, 15) is 4.79 Å². The Labute approximate surface area is 80.2 Å². The summed E-state index contributed by atoms with van der Waals surface area (Å²) in [7, 11) is 1.72. The molecule has 0 saturated carbocycles. The monoisotopic (exact) mass is 194 g/mol. The molecule has 0 radical (unpaired) electrons. The van der Waals surface area contributed by atoms with Gasteiger partial charge in [0.15, 0.2) is 5.69 Å². The van der Waals surface area contributed by atoms with Gasteiger partial charge < -0.3 is 14.7 Å². The van der Waals surface area contributed by atoms with Crippen molar-refractivity contribution in [1.29, 1.82) is 0 Å². The maximum absolute atomic E-state index is 10.1. The summed E-state index contributed by atoms with van der Waals surface area (Å²) in [6, 6.07) is 0. The van der Waals surface area contributed by atoms with Gasteiger partial charge in [0.25, 0.3) is 0 Å². The van der Waals surface area contributed by atoms with E-state index in [0.717, 1.165) is 0 Å². The Hall–Kier alpha value is -2.11. The minimum atomic E-state index is -0.990. The molecule has 2 rings (SSSR count). The van der Waals surface area contributed by atoms with Gasteiger partial charge in [0.1, 0.15) is 0 Å². The molecule has 2 aromatic heterocycles. The summed E-state index contributed by atoms with van der Waals surface area (Å²) in [6.07, 6.45) is 7.98. The number of carboxylic acids is 1. The number of carboxylic acid groups (broad SMARTS) is 1. The minimum absolute atomic E-state index is 0.0810. The lowest BCUT2D eigenvalue weighted by Crippen LogP contribution is -1.95. The van der Waals surface area contributed by atoms with Crippen LogP contribution in [0.5, 0.6) is 0 Å². The predicted octanol–water partition coefficient (Wildman–Crippen LogP) is 0.528. The molecule has 0 aliphatic carbocycles. The number of nitrogens with zero attached hydrogens (tertiary/aromatic N) is 3. The Balaban J connectivity index is 0.000000165. The van der Waals surface area contributed by atoms with Crippen molar-refractivity contribution in [2.75, 3.05) is 0 Å². The van der Waals surface area contributed by atoms with E-state index in [1.54, 1.807) is 30.3 Å². The number of aromatic carboxylic acids is 1. The molecule has 2 aromatic rings. The molecule has 0 fully saturated rings. The minimum Gasteiger partial charge on any atom is -0.476 e. The van der Waals surface area contributed by atoms with Crippen LogP contribution in [0, 0.1) is 0 Å². The van der Waals surface area contributed by atoms with Gasteiger partial charge in [0.2, 0.25) is 0 Å². The summed E-state index contributed by atoms with van der Waals surface area (Å²) in [5.74, 6) is -0.990. The largest absolute Gasteiger partial charge is 0.476 e. The van der Waals surface area contributed by atoms with E-state index in [4.69, 9.17) is 5.11 Å². The van der Waals surface area contributed by atoms with Crippen molar-refractivity contribution >= 4 is 5.97 Å². The van der Waals surface area contributed by atoms with Gasteiger partial charge in [-0.05, 0) is 0 Å². The maximum Gasteiger partial charge on any atom is 0.356 e. The molecule has 74 valence electrons. The Morgan fingerprint density at radius 3 is 2.64 bits per heavy atom. The molecular formula is C8H10N4O2. The van der Waals surface area contributed by atoms with Crippen LogP contribution in [0.4, 0.5) is 0 Å². The van der Waals surface area contributed by atoms with Gasteiger partial charge >= 0.3 is 5.97 Å². The third-order valence-electron chi connectivity index (χ3n) is 1.33. The predicted molar refractivity (Wildman–Crippen MR) is 48.8 cm³/mol. The average Bonchev–Trinajstić information content (AvgIpc) is 2.74. The molecule has 0 spiro atoms. The van der Waals surface area contributed by atoms with Crippen LogP contribution in [-0.4, -0.2) is 30.6 Å². The summed E-state index contributed by atoms with van der Waals surface area (Å²) in [6.45, 7) is 0. The van der Waals surface area contributed by atoms with Crippen LogP contribution in [0.2, 0.25) is 0 Å². The van der Waals surface area contributed by atoms with Gasteiger partial charge in [-0.15, -0.1) is 0 Å². The third-order valence-corrected chi connectivity index (χ3v) is 1.33. The second-order valence-electron chi connectivity index (χ2n) is 2.49. The number of nitrogens with one attached hydrogen (secondary N) is 1.